The molecule has 0 saturated heterocycles. The maximum Gasteiger partial charge on any atom is 0.160 e. The average molecular weight is 699 g/mol. The molecule has 0 N–H and O–H groups in total. The first-order valence-electron chi connectivity index (χ1n) is 18.9. The van der Waals surface area contributed by atoms with Crippen molar-refractivity contribution in [2.45, 2.75) is 0 Å². The number of hydrogen-bond acceptors (Lipinski definition) is 1. The summed E-state index contributed by atoms with van der Waals surface area (Å²) in [6.07, 6.45) is 0. The van der Waals surface area contributed by atoms with Gasteiger partial charge < -0.3 is 13.6 Å². The van der Waals surface area contributed by atoms with Gasteiger partial charge in [-0.3, -0.25) is 0 Å². The van der Waals surface area contributed by atoms with Crippen LogP contribution in [0.5, 0.6) is 0 Å². The summed E-state index contributed by atoms with van der Waals surface area (Å²) in [7, 11) is 0. The Morgan fingerprint density at radius 1 is 0.327 bits per heavy atom. The first-order valence-corrected chi connectivity index (χ1v) is 18.9. The number of benzene rings is 9. The molecule has 0 unspecified atom stereocenters. The van der Waals surface area contributed by atoms with E-state index >= 15 is 0 Å². The van der Waals surface area contributed by atoms with Gasteiger partial charge in [0.15, 0.2) is 5.58 Å². The van der Waals surface area contributed by atoms with Gasteiger partial charge >= 0.3 is 0 Å². The maximum absolute atomic E-state index is 6.83. The molecule has 0 aliphatic heterocycles. The summed E-state index contributed by atoms with van der Waals surface area (Å²) in [4.78, 5) is 0. The number of hydrogen-bond donors (Lipinski definition) is 0. The molecule has 254 valence electrons. The Bertz CT molecular complexity index is 3550. The van der Waals surface area contributed by atoms with E-state index in [2.05, 4.69) is 191 Å². The smallest absolute Gasteiger partial charge is 0.160 e. The molecule has 0 radical (unpaired) electrons. The molecule has 55 heavy (non-hydrogen) atoms. The highest BCUT2D eigenvalue weighted by Crippen LogP contribution is 2.50. The quantitative estimate of drug-likeness (QED) is 0.180. The Labute approximate surface area is 315 Å². The maximum atomic E-state index is 6.83. The van der Waals surface area contributed by atoms with Gasteiger partial charge in [0, 0.05) is 43.4 Å². The highest BCUT2D eigenvalue weighted by Gasteiger charge is 2.27. The van der Waals surface area contributed by atoms with E-state index in [-0.39, 0.29) is 0 Å². The van der Waals surface area contributed by atoms with Crippen molar-refractivity contribution in [1.29, 1.82) is 0 Å². The van der Waals surface area contributed by atoms with Crippen LogP contribution in [0.3, 0.4) is 0 Å². The second-order valence-corrected chi connectivity index (χ2v) is 14.8. The zero-order valence-electron chi connectivity index (χ0n) is 29.6. The topological polar surface area (TPSA) is 23.0 Å². The molecule has 9 aromatic carbocycles. The van der Waals surface area contributed by atoms with Crippen molar-refractivity contribution in [2.24, 2.45) is 0 Å². The van der Waals surface area contributed by atoms with Crippen LogP contribution in [0.15, 0.2) is 186 Å². The summed E-state index contributed by atoms with van der Waals surface area (Å²) < 4.78 is 11.8. The second-order valence-electron chi connectivity index (χ2n) is 14.8. The fourth-order valence-corrected chi connectivity index (χ4v) is 9.74. The van der Waals surface area contributed by atoms with Crippen molar-refractivity contribution in [3.63, 3.8) is 0 Å². The Hall–Kier alpha value is -7.36. The lowest BCUT2D eigenvalue weighted by atomic mass is 10.0. The van der Waals surface area contributed by atoms with Crippen molar-refractivity contribution < 1.29 is 4.42 Å². The largest absolute Gasteiger partial charge is 0.454 e. The number of fused-ring (bicyclic) bond motifs is 14. The standard InChI is InChI=1S/C52H30N2O/c1-2-11-31(12-3-1)32-21-23-33(24-22-32)53-49-41(42-27-28-43-37-16-7-9-20-47(37)55-52(43)51(42)53)26-25-40-36-15-6-8-19-45(36)54(50(40)49)46-30-29-39-35-14-5-4-13-34(35)38-17-10-18-44(46)48(38)39/h1-30H. The van der Waals surface area contributed by atoms with Crippen LogP contribution in [0.25, 0.3) is 121 Å². The van der Waals surface area contributed by atoms with Gasteiger partial charge in [0.2, 0.25) is 0 Å². The molecule has 3 heterocycles. The van der Waals surface area contributed by atoms with Gasteiger partial charge in [-0.25, -0.2) is 0 Å². The lowest BCUT2D eigenvalue weighted by Gasteiger charge is -2.15. The Kier molecular flexibility index (Phi) is 5.63. The molecule has 1 aliphatic rings. The van der Waals surface area contributed by atoms with Crippen molar-refractivity contribution >= 4 is 76.3 Å². The van der Waals surface area contributed by atoms with Crippen molar-refractivity contribution in [2.75, 3.05) is 0 Å². The van der Waals surface area contributed by atoms with Crippen molar-refractivity contribution in [3.05, 3.63) is 182 Å². The van der Waals surface area contributed by atoms with Gasteiger partial charge in [-0.1, -0.05) is 146 Å². The number of nitrogens with zero attached hydrogens (tertiary/aromatic N) is 2. The van der Waals surface area contributed by atoms with E-state index in [9.17, 15) is 0 Å². The van der Waals surface area contributed by atoms with E-state index in [0.29, 0.717) is 0 Å². The number of aromatic nitrogens is 2. The van der Waals surface area contributed by atoms with Crippen LogP contribution >= 0.6 is 0 Å². The third-order valence-electron chi connectivity index (χ3n) is 12.1. The predicted octanol–water partition coefficient (Wildman–Crippen LogP) is 14.2. The molecule has 0 saturated carbocycles. The molecular weight excluding hydrogens is 669 g/mol. The number of para-hydroxylation sites is 2. The molecule has 13 rings (SSSR count). The average Bonchev–Trinajstić information content (AvgIpc) is 3.99. The molecule has 0 amide bonds. The van der Waals surface area contributed by atoms with Crippen molar-refractivity contribution in [1.82, 2.24) is 9.13 Å². The summed E-state index contributed by atoms with van der Waals surface area (Å²) in [5.41, 5.74) is 16.3. The molecule has 12 aromatic rings. The minimum Gasteiger partial charge on any atom is -0.454 e. The molecule has 0 spiro atoms. The van der Waals surface area contributed by atoms with E-state index in [1.807, 2.05) is 0 Å². The van der Waals surface area contributed by atoms with Crippen LogP contribution in [0.2, 0.25) is 0 Å². The number of furan rings is 1. The van der Waals surface area contributed by atoms with Gasteiger partial charge in [-0.2, -0.15) is 0 Å². The Balaban J connectivity index is 1.21. The van der Waals surface area contributed by atoms with E-state index in [1.165, 1.54) is 82.4 Å². The molecule has 0 fully saturated rings. The second kappa shape index (κ2) is 10.6. The van der Waals surface area contributed by atoms with Crippen LogP contribution in [0.1, 0.15) is 0 Å². The lowest BCUT2D eigenvalue weighted by Crippen LogP contribution is -2.00. The van der Waals surface area contributed by atoms with Gasteiger partial charge in [-0.15, -0.1) is 0 Å². The van der Waals surface area contributed by atoms with Gasteiger partial charge in [0.05, 0.1) is 27.8 Å². The first-order chi connectivity index (χ1) is 27.3. The van der Waals surface area contributed by atoms with Crippen LogP contribution < -0.4 is 0 Å². The molecule has 0 atom stereocenters. The molecule has 0 bridgehead atoms. The molecule has 3 nitrogen and oxygen atoms in total. The summed E-state index contributed by atoms with van der Waals surface area (Å²) in [5, 5.41) is 9.64. The predicted molar refractivity (Wildman–Crippen MR) is 230 cm³/mol. The van der Waals surface area contributed by atoms with E-state index in [4.69, 9.17) is 4.42 Å². The Morgan fingerprint density at radius 2 is 0.909 bits per heavy atom. The van der Waals surface area contributed by atoms with Gasteiger partial charge in [-0.05, 0) is 75.2 Å². The fraction of sp³-hybridized carbons (Fsp3) is 0. The van der Waals surface area contributed by atoms with E-state index in [0.717, 1.165) is 38.7 Å². The van der Waals surface area contributed by atoms with Gasteiger partial charge in [0.1, 0.15) is 5.58 Å². The zero-order valence-corrected chi connectivity index (χ0v) is 29.6. The van der Waals surface area contributed by atoms with E-state index in [1.54, 1.807) is 0 Å². The molecule has 3 aromatic heterocycles. The van der Waals surface area contributed by atoms with Crippen LogP contribution in [-0.2, 0) is 0 Å². The molecule has 3 heteroatoms. The monoisotopic (exact) mass is 698 g/mol. The van der Waals surface area contributed by atoms with Crippen LogP contribution in [0, 0.1) is 0 Å². The van der Waals surface area contributed by atoms with Crippen LogP contribution in [-0.4, -0.2) is 9.13 Å². The highest BCUT2D eigenvalue weighted by molar-refractivity contribution is 6.28. The normalized spacial score (nSPS) is 12.4. The summed E-state index contributed by atoms with van der Waals surface area (Å²) >= 11 is 0. The third-order valence-corrected chi connectivity index (χ3v) is 12.1. The summed E-state index contributed by atoms with van der Waals surface area (Å²) in [6, 6.07) is 66.4. The lowest BCUT2D eigenvalue weighted by molar-refractivity contribution is 0.671. The van der Waals surface area contributed by atoms with Crippen molar-refractivity contribution in [3.8, 4) is 44.8 Å². The molecular formula is C52H30N2O. The van der Waals surface area contributed by atoms with Crippen LogP contribution in [0.4, 0.5) is 0 Å². The fourth-order valence-electron chi connectivity index (χ4n) is 9.74. The first kappa shape index (κ1) is 29.1. The third kappa shape index (κ3) is 3.79. The van der Waals surface area contributed by atoms with E-state index < -0.39 is 0 Å². The zero-order chi connectivity index (χ0) is 35.8. The number of rotatable bonds is 3. The van der Waals surface area contributed by atoms with Gasteiger partial charge in [0.25, 0.3) is 0 Å². The highest BCUT2D eigenvalue weighted by atomic mass is 16.3. The molecule has 1 aliphatic carbocycles. The summed E-state index contributed by atoms with van der Waals surface area (Å²) in [6.45, 7) is 0. The summed E-state index contributed by atoms with van der Waals surface area (Å²) in [5.74, 6) is 0. The minimum absolute atomic E-state index is 0.898. The SMILES string of the molecule is c1ccc(-c2ccc(-n3c4c(ccc5c6ccccc6oc54)c4ccc5c6ccccc6n(-c6ccc7c8c(cccc68)-c6ccccc6-7)c5c43)cc2)cc1. The minimum atomic E-state index is 0.898. The Morgan fingerprint density at radius 3 is 1.73 bits per heavy atom.